The molecule has 0 aliphatic carbocycles. The number of rotatable bonds is 22. The van der Waals surface area contributed by atoms with Crippen molar-refractivity contribution in [1.29, 1.82) is 0 Å². The largest absolute Gasteiger partial charge is 0.477 e. The summed E-state index contributed by atoms with van der Waals surface area (Å²) >= 11 is 0. The van der Waals surface area contributed by atoms with Gasteiger partial charge in [0.2, 0.25) is 11.8 Å². The SMILES string of the molecule is CC(=O)N[C@H]1[C@H](O[C@H]2[C@H](O)[C@@H](O[C@@H]([C@H](O)[C@H](O)C=O)[C@H](O)CO)O[C@@H](CO)[C@@H]2O)O[C@H](CO[C@@]2(C(=O)O)C[C@@H](O)[C@@H](NC(C)=O)[C@@H]([C@H](O)[C@@H](O)CO)O2)[C@@H](O)[C@H]1O[C@@H]1O[C@H](CO)[C@@H](O)[C@H](O)[C@@H]1O. The molecule has 0 unspecified atom stereocenters. The van der Waals surface area contributed by atoms with E-state index in [1.165, 1.54) is 0 Å². The molecule has 19 N–H and O–H groups in total. The van der Waals surface area contributed by atoms with Crippen LogP contribution in [0.4, 0.5) is 0 Å². The molecule has 4 saturated heterocycles. The van der Waals surface area contributed by atoms with Gasteiger partial charge < -0.3 is 140 Å². The predicted octanol–water partition coefficient (Wildman–Crippen LogP) is -12.6. The van der Waals surface area contributed by atoms with E-state index in [4.69, 9.17) is 37.9 Å². The molecule has 0 saturated carbocycles. The maximum Gasteiger partial charge on any atom is 0.364 e. The fourth-order valence-electron chi connectivity index (χ4n) is 7.96. The number of ether oxygens (including phenoxy) is 8. The molecule has 0 spiro atoms. The summed E-state index contributed by atoms with van der Waals surface area (Å²) in [5.74, 6) is -6.89. The molecule has 4 rings (SSSR count). The molecule has 0 aromatic rings. The fraction of sp³-hybridized carbons (Fsp3) is 0.892. The smallest absolute Gasteiger partial charge is 0.364 e. The van der Waals surface area contributed by atoms with Crippen LogP contribution in [0.3, 0.4) is 0 Å². The first-order chi connectivity index (χ1) is 31.9. The van der Waals surface area contributed by atoms with Crippen molar-refractivity contribution in [1.82, 2.24) is 10.6 Å². The zero-order chi connectivity index (χ0) is 51.1. The third kappa shape index (κ3) is 13.0. The minimum absolute atomic E-state index is 0.165. The fourth-order valence-corrected chi connectivity index (χ4v) is 7.96. The number of aldehydes is 1. The van der Waals surface area contributed by atoms with Crippen molar-refractivity contribution < 1.29 is 144 Å². The number of hydrogen-bond donors (Lipinski definition) is 19. The number of carboxylic acids is 1. The zero-order valence-corrected chi connectivity index (χ0v) is 36.2. The summed E-state index contributed by atoms with van der Waals surface area (Å²) in [5.41, 5.74) is 0. The van der Waals surface area contributed by atoms with Gasteiger partial charge in [0.1, 0.15) is 116 Å². The Kier molecular flexibility index (Phi) is 21.2. The highest BCUT2D eigenvalue weighted by Gasteiger charge is 2.59. The first-order valence-electron chi connectivity index (χ1n) is 21.0. The number of aliphatic hydroxyl groups is 16. The number of carbonyl (C=O) groups excluding carboxylic acids is 3. The highest BCUT2D eigenvalue weighted by atomic mass is 16.8. The van der Waals surface area contributed by atoms with E-state index in [0.717, 1.165) is 13.8 Å². The number of carbonyl (C=O) groups is 4. The van der Waals surface area contributed by atoms with E-state index in [0.29, 0.717) is 0 Å². The normalized spacial score (nSPS) is 41.6. The van der Waals surface area contributed by atoms with Crippen LogP contribution >= 0.6 is 0 Å². The first-order valence-corrected chi connectivity index (χ1v) is 21.0. The molecule has 4 aliphatic heterocycles. The van der Waals surface area contributed by atoms with Crippen LogP contribution in [0.5, 0.6) is 0 Å². The van der Waals surface area contributed by atoms with Crippen LogP contribution in [0.1, 0.15) is 20.3 Å². The van der Waals surface area contributed by atoms with Gasteiger partial charge in [-0.05, 0) is 0 Å². The number of aliphatic hydroxyl groups excluding tert-OH is 16. The lowest BCUT2D eigenvalue weighted by Gasteiger charge is -2.50. The van der Waals surface area contributed by atoms with Crippen molar-refractivity contribution in [3.05, 3.63) is 0 Å². The third-order valence-electron chi connectivity index (χ3n) is 11.6. The van der Waals surface area contributed by atoms with E-state index in [-0.39, 0.29) is 6.29 Å². The Morgan fingerprint density at radius 3 is 1.75 bits per heavy atom. The predicted molar refractivity (Wildman–Crippen MR) is 208 cm³/mol. The molecule has 4 heterocycles. The van der Waals surface area contributed by atoms with Gasteiger partial charge in [0.15, 0.2) is 25.2 Å². The average molecular weight is 999 g/mol. The quantitative estimate of drug-likeness (QED) is 0.0448. The van der Waals surface area contributed by atoms with Crippen molar-refractivity contribution in [2.75, 3.05) is 33.0 Å². The molecule has 68 heavy (non-hydrogen) atoms. The molecular weight excluding hydrogens is 936 g/mol. The Morgan fingerprint density at radius 1 is 0.676 bits per heavy atom. The average Bonchev–Trinajstić information content (AvgIpc) is 3.30. The van der Waals surface area contributed by atoms with E-state index in [2.05, 4.69) is 10.6 Å². The topological polar surface area (TPSA) is 510 Å². The number of aliphatic carboxylic acids is 1. The molecular formula is C37H62N2O29. The Balaban J connectivity index is 1.79. The van der Waals surface area contributed by atoms with Crippen LogP contribution in [-0.2, 0) is 57.1 Å². The van der Waals surface area contributed by atoms with E-state index in [1.807, 2.05) is 0 Å². The molecule has 0 bridgehead atoms. The Morgan fingerprint density at radius 2 is 1.21 bits per heavy atom. The standard InChI is InChI=1S/C37H62N2O29/c1-10(45)38-19-12(47)3-37(36(59)60,68-31(19)22(52)14(49)5-41)61-9-18-25(55)30(66-34-27(57)26(56)23(53)16(7-43)62-34)20(39-11(2)46)33(64-18)67-32-24(54)17(8-44)63-35(28(32)58)65-29(15(50)6-42)21(51)13(48)4-40/h4,12-35,41-44,47-58H,3,5-9H2,1-2H3,(H,38,45)(H,39,46)(H,59,60)/t12-,13-,14+,15-,16-,17+,18-,19-,20-,21-,22-,23-,24+,25-,26+,27+,28+,29-,30+,31+,32-,33+,34+,35-,37+/m1/s1. The van der Waals surface area contributed by atoms with Gasteiger partial charge >= 0.3 is 5.97 Å². The van der Waals surface area contributed by atoms with Crippen molar-refractivity contribution in [3.8, 4) is 0 Å². The summed E-state index contributed by atoms with van der Waals surface area (Å²) in [6, 6.07) is -3.58. The molecule has 394 valence electrons. The third-order valence-corrected chi connectivity index (χ3v) is 11.6. The maximum absolute atomic E-state index is 13.0. The molecule has 2 amide bonds. The second-order valence-corrected chi connectivity index (χ2v) is 16.5. The minimum Gasteiger partial charge on any atom is -0.477 e. The highest BCUT2D eigenvalue weighted by molar-refractivity contribution is 5.76. The van der Waals surface area contributed by atoms with Gasteiger partial charge in [0.25, 0.3) is 5.79 Å². The molecule has 4 aliphatic rings. The monoisotopic (exact) mass is 998 g/mol. The van der Waals surface area contributed by atoms with Gasteiger partial charge in [-0.15, -0.1) is 0 Å². The van der Waals surface area contributed by atoms with Crippen LogP contribution in [0, 0.1) is 0 Å². The number of hydrogen-bond acceptors (Lipinski definition) is 28. The van der Waals surface area contributed by atoms with Crippen molar-refractivity contribution in [3.63, 3.8) is 0 Å². The van der Waals surface area contributed by atoms with Gasteiger partial charge in [-0.1, -0.05) is 0 Å². The van der Waals surface area contributed by atoms with Gasteiger partial charge in [-0.2, -0.15) is 0 Å². The van der Waals surface area contributed by atoms with Crippen LogP contribution in [0.2, 0.25) is 0 Å². The Bertz CT molecular complexity index is 1640. The van der Waals surface area contributed by atoms with Crippen LogP contribution in [0.25, 0.3) is 0 Å². The lowest BCUT2D eigenvalue weighted by atomic mass is 9.88. The second kappa shape index (κ2) is 25.0. The first kappa shape index (κ1) is 57.7. The summed E-state index contributed by atoms with van der Waals surface area (Å²) in [5, 5.41) is 184. The molecule has 31 heteroatoms. The highest BCUT2D eigenvalue weighted by Crippen LogP contribution is 2.37. The lowest BCUT2D eigenvalue weighted by Crippen LogP contribution is -2.71. The van der Waals surface area contributed by atoms with Crippen LogP contribution in [0.15, 0.2) is 0 Å². The zero-order valence-electron chi connectivity index (χ0n) is 36.2. The number of nitrogens with one attached hydrogen (secondary N) is 2. The van der Waals surface area contributed by atoms with Crippen molar-refractivity contribution in [2.24, 2.45) is 0 Å². The number of carboxylic acid groups (broad SMARTS) is 1. The van der Waals surface area contributed by atoms with Crippen LogP contribution < -0.4 is 10.6 Å². The summed E-state index contributed by atoms with van der Waals surface area (Å²) in [6.45, 7) is -3.69. The molecule has 0 aromatic heterocycles. The van der Waals surface area contributed by atoms with Crippen molar-refractivity contribution >= 4 is 24.1 Å². The van der Waals surface area contributed by atoms with Crippen LogP contribution in [-0.4, -0.2) is 297 Å². The molecule has 25 atom stereocenters. The lowest BCUT2D eigenvalue weighted by molar-refractivity contribution is -0.376. The number of amides is 2. The second-order valence-electron chi connectivity index (χ2n) is 16.5. The van der Waals surface area contributed by atoms with Gasteiger partial charge in [0.05, 0.1) is 45.2 Å². The Hall–Kier alpha value is -2.88. The van der Waals surface area contributed by atoms with E-state index >= 15 is 0 Å². The van der Waals surface area contributed by atoms with E-state index in [1.54, 1.807) is 0 Å². The summed E-state index contributed by atoms with van der Waals surface area (Å²) in [4.78, 5) is 49.0. The summed E-state index contributed by atoms with van der Waals surface area (Å²) in [7, 11) is 0. The van der Waals surface area contributed by atoms with Crippen molar-refractivity contribution in [2.45, 2.75) is 173 Å². The molecule has 0 aromatic carbocycles. The van der Waals surface area contributed by atoms with E-state index in [9.17, 15) is 106 Å². The Labute approximate surface area is 384 Å². The van der Waals surface area contributed by atoms with E-state index < -0.39 is 210 Å². The van der Waals surface area contributed by atoms with Gasteiger partial charge in [-0.25, -0.2) is 4.79 Å². The summed E-state index contributed by atoms with van der Waals surface area (Å²) < 4.78 is 45.3. The van der Waals surface area contributed by atoms with Gasteiger partial charge in [0, 0.05) is 20.3 Å². The maximum atomic E-state index is 13.0. The minimum atomic E-state index is -3.08. The molecule has 0 radical (unpaired) electrons. The molecule has 31 nitrogen and oxygen atoms in total. The van der Waals surface area contributed by atoms with Gasteiger partial charge in [-0.3, -0.25) is 9.59 Å². The summed E-state index contributed by atoms with van der Waals surface area (Å²) in [6.07, 6.45) is -47.6. The molecule has 4 fully saturated rings.